The van der Waals surface area contributed by atoms with Crippen LogP contribution in [0.5, 0.6) is 0 Å². The number of aromatic amines is 1. The molecule has 244 valence electrons. The summed E-state index contributed by atoms with van der Waals surface area (Å²) in [5.41, 5.74) is -2.40. The van der Waals surface area contributed by atoms with E-state index in [-0.39, 0.29) is 77.6 Å². The number of halogens is 7. The van der Waals surface area contributed by atoms with Crippen molar-refractivity contribution in [2.45, 2.75) is 87.8 Å². The van der Waals surface area contributed by atoms with E-state index in [1.807, 2.05) is 0 Å². The predicted molar refractivity (Wildman–Crippen MR) is 140 cm³/mol. The Kier molecular flexibility index (Phi) is 8.02. The van der Waals surface area contributed by atoms with Gasteiger partial charge in [0.15, 0.2) is 23.9 Å². The van der Waals surface area contributed by atoms with Gasteiger partial charge in [-0.2, -0.15) is 0 Å². The predicted octanol–water partition coefficient (Wildman–Crippen LogP) is 4.85. The number of nitrogens with zero attached hydrogens (tertiary/aromatic N) is 4. The maximum absolute atomic E-state index is 16.4. The van der Waals surface area contributed by atoms with Crippen molar-refractivity contribution in [3.8, 4) is 0 Å². The van der Waals surface area contributed by atoms with Gasteiger partial charge in [0.2, 0.25) is 24.4 Å². The molecule has 2 saturated heterocycles. The Labute approximate surface area is 251 Å². The summed E-state index contributed by atoms with van der Waals surface area (Å²) < 4.78 is 112. The van der Waals surface area contributed by atoms with Crippen LogP contribution in [0.4, 0.5) is 30.7 Å². The maximum atomic E-state index is 16.4. The second kappa shape index (κ2) is 11.6. The van der Waals surface area contributed by atoms with Crippen LogP contribution >= 0.6 is 0 Å². The molecule has 2 amide bonds. The number of benzene rings is 1. The fraction of sp³-hybridized carbons (Fsp3) is 0.607. The molecule has 45 heavy (non-hydrogen) atoms. The molecule has 1 saturated carbocycles. The van der Waals surface area contributed by atoms with Crippen molar-refractivity contribution in [3.05, 3.63) is 40.7 Å². The van der Waals surface area contributed by atoms with E-state index in [2.05, 4.69) is 30.2 Å². The van der Waals surface area contributed by atoms with Gasteiger partial charge < -0.3 is 15.0 Å². The number of nitrogens with one attached hydrogen (secondary N) is 2. The Bertz CT molecular complexity index is 1570. The Hall–Kier alpha value is -3.76. The summed E-state index contributed by atoms with van der Waals surface area (Å²) in [4.78, 5) is 33.9. The van der Waals surface area contributed by atoms with Gasteiger partial charge in [-0.05, 0) is 49.7 Å². The number of hydrogen-bond donors (Lipinski definition) is 2. The van der Waals surface area contributed by atoms with Gasteiger partial charge in [0, 0.05) is 31.6 Å². The van der Waals surface area contributed by atoms with Crippen molar-refractivity contribution < 1.29 is 49.7 Å². The van der Waals surface area contributed by atoms with E-state index < -0.39 is 78.7 Å². The Morgan fingerprint density at radius 2 is 1.67 bits per heavy atom. The average molecular weight is 647 g/mol. The molecule has 5 atom stereocenters. The van der Waals surface area contributed by atoms with Gasteiger partial charge in [-0.15, -0.1) is 0 Å². The van der Waals surface area contributed by atoms with Crippen LogP contribution in [0.2, 0.25) is 0 Å². The normalized spacial score (nSPS) is 27.5. The molecule has 4 heterocycles. The van der Waals surface area contributed by atoms with Crippen LogP contribution in [0, 0.1) is 18.7 Å². The Morgan fingerprint density at radius 1 is 1.02 bits per heavy atom. The monoisotopic (exact) mass is 646 g/mol. The SMILES string of the molecule is Cc1nonc1C(=O)N[C@H](c1nc2c(F)c(C3(C(=O)N4C(F)C(F)C(F)C4F)CCOCC3)ccc2[nH]1)C1CCC(F)(F)CC1. The number of carbonyl (C=O) groups is 2. The highest BCUT2D eigenvalue weighted by Crippen LogP contribution is 2.45. The number of fused-ring (bicyclic) bond motifs is 1. The first-order valence-electron chi connectivity index (χ1n) is 14.5. The number of amides is 2. The van der Waals surface area contributed by atoms with Crippen LogP contribution < -0.4 is 5.32 Å². The molecule has 0 radical (unpaired) electrons. The van der Waals surface area contributed by atoms with Crippen molar-refractivity contribution in [2.24, 2.45) is 5.92 Å². The fourth-order valence-corrected chi connectivity index (χ4v) is 6.57. The zero-order valence-corrected chi connectivity index (χ0v) is 23.8. The summed E-state index contributed by atoms with van der Waals surface area (Å²) in [7, 11) is 0. The number of H-pyrrole nitrogens is 1. The molecule has 3 aromatic rings. The van der Waals surface area contributed by atoms with Gasteiger partial charge in [-0.25, -0.2) is 40.3 Å². The number of imidazole rings is 1. The minimum Gasteiger partial charge on any atom is -0.381 e. The third-order valence-electron chi connectivity index (χ3n) is 9.16. The largest absolute Gasteiger partial charge is 0.381 e. The zero-order chi connectivity index (χ0) is 32.3. The van der Waals surface area contributed by atoms with Gasteiger partial charge in [0.05, 0.1) is 17.0 Å². The summed E-state index contributed by atoms with van der Waals surface area (Å²) in [6, 6.07) is 1.58. The molecular weight excluding hydrogens is 617 g/mol. The van der Waals surface area contributed by atoms with Crippen molar-refractivity contribution in [2.75, 3.05) is 13.2 Å². The highest BCUT2D eigenvalue weighted by Gasteiger charge is 2.58. The number of hydrogen-bond acceptors (Lipinski definition) is 7. The lowest BCUT2D eigenvalue weighted by Crippen LogP contribution is -2.53. The average Bonchev–Trinajstić information content (AvgIpc) is 3.70. The first-order chi connectivity index (χ1) is 21.3. The molecule has 10 nitrogen and oxygen atoms in total. The van der Waals surface area contributed by atoms with Gasteiger partial charge in [0.1, 0.15) is 17.0 Å². The summed E-state index contributed by atoms with van der Waals surface area (Å²) in [6.45, 7) is 1.27. The lowest BCUT2D eigenvalue weighted by atomic mass is 9.72. The van der Waals surface area contributed by atoms with E-state index in [1.54, 1.807) is 0 Å². The summed E-state index contributed by atoms with van der Waals surface area (Å²) in [5.74, 6) is -6.49. The summed E-state index contributed by atoms with van der Waals surface area (Å²) >= 11 is 0. The van der Waals surface area contributed by atoms with Crippen molar-refractivity contribution in [1.82, 2.24) is 30.5 Å². The lowest BCUT2D eigenvalue weighted by Gasteiger charge is -2.40. The van der Waals surface area contributed by atoms with Crippen LogP contribution in [0.25, 0.3) is 11.0 Å². The number of rotatable bonds is 6. The number of likely N-dealkylation sites (tertiary alicyclic amines) is 1. The van der Waals surface area contributed by atoms with Crippen LogP contribution in [-0.4, -0.2) is 81.1 Å². The van der Waals surface area contributed by atoms with Gasteiger partial charge in [-0.3, -0.25) is 14.5 Å². The van der Waals surface area contributed by atoms with E-state index in [9.17, 15) is 35.9 Å². The zero-order valence-electron chi connectivity index (χ0n) is 23.8. The molecule has 1 aliphatic carbocycles. The van der Waals surface area contributed by atoms with Crippen molar-refractivity contribution >= 4 is 22.8 Å². The molecule has 3 aliphatic rings. The van der Waals surface area contributed by atoms with Crippen molar-refractivity contribution in [3.63, 3.8) is 0 Å². The number of ether oxygens (including phenoxy) is 1. The fourth-order valence-electron chi connectivity index (χ4n) is 6.57. The van der Waals surface area contributed by atoms with Crippen molar-refractivity contribution in [1.29, 1.82) is 0 Å². The second-order valence-corrected chi connectivity index (χ2v) is 11.8. The van der Waals surface area contributed by atoms with Gasteiger partial charge >= 0.3 is 0 Å². The molecule has 17 heteroatoms. The third kappa shape index (κ3) is 5.31. The van der Waals surface area contributed by atoms with Crippen LogP contribution in [-0.2, 0) is 14.9 Å². The number of carbonyl (C=O) groups excluding carboxylic acids is 2. The smallest absolute Gasteiger partial charge is 0.276 e. The maximum Gasteiger partial charge on any atom is 0.276 e. The minimum atomic E-state index is -2.92. The minimum absolute atomic E-state index is 0.00610. The summed E-state index contributed by atoms with van der Waals surface area (Å²) in [5, 5.41) is 9.86. The van der Waals surface area contributed by atoms with E-state index in [0.29, 0.717) is 0 Å². The van der Waals surface area contributed by atoms with E-state index >= 15 is 4.39 Å². The van der Waals surface area contributed by atoms with Crippen LogP contribution in [0.1, 0.15) is 72.1 Å². The van der Waals surface area contributed by atoms with Crippen LogP contribution in [0.3, 0.4) is 0 Å². The molecule has 2 aromatic heterocycles. The Morgan fingerprint density at radius 3 is 2.27 bits per heavy atom. The molecule has 3 fully saturated rings. The first-order valence-corrected chi connectivity index (χ1v) is 14.5. The molecule has 4 unspecified atom stereocenters. The molecule has 1 aromatic carbocycles. The number of alkyl halides is 6. The third-order valence-corrected chi connectivity index (χ3v) is 9.16. The highest BCUT2D eigenvalue weighted by molar-refractivity contribution is 5.93. The van der Waals surface area contributed by atoms with Gasteiger partial charge in [0.25, 0.3) is 5.91 Å². The molecule has 2 N–H and O–H groups in total. The van der Waals surface area contributed by atoms with E-state index in [1.165, 1.54) is 19.1 Å². The quantitative estimate of drug-likeness (QED) is 0.290. The highest BCUT2D eigenvalue weighted by atomic mass is 19.3. The number of aryl methyl sites for hydroxylation is 1. The standard InChI is InChI=1S/C28H29F7N6O4/c1-12-19(40-45-39-12)25(42)38-20(13-4-6-28(34,35)7-5-13)24-36-15-3-2-14(16(29)21(15)37-24)27(8-10-44-11-9-27)26(43)41-22(32)17(30)18(31)23(41)33/h2-3,13,17-18,20,22-23H,4-11H2,1H3,(H,36,37)(H,38,42)/t17?,18?,20-,22?,23?/m0/s1. The number of aromatic nitrogens is 4. The second-order valence-electron chi connectivity index (χ2n) is 11.8. The van der Waals surface area contributed by atoms with Crippen LogP contribution in [0.15, 0.2) is 16.8 Å². The lowest BCUT2D eigenvalue weighted by molar-refractivity contribution is -0.153. The van der Waals surface area contributed by atoms with Gasteiger partial charge in [-0.1, -0.05) is 11.2 Å². The molecule has 6 rings (SSSR count). The first kappa shape index (κ1) is 31.2. The molecule has 2 aliphatic heterocycles. The molecule has 0 spiro atoms. The molecule has 0 bridgehead atoms. The summed E-state index contributed by atoms with van der Waals surface area (Å²) in [6.07, 6.45) is -13.0. The van der Waals surface area contributed by atoms with E-state index in [4.69, 9.17) is 4.74 Å². The topological polar surface area (TPSA) is 126 Å². The molecular formula is C28H29F7N6O4. The Balaban J connectivity index is 1.39. The van der Waals surface area contributed by atoms with E-state index in [0.717, 1.165) is 0 Å².